The Kier molecular flexibility index (Phi) is 5.50. The zero-order chi connectivity index (χ0) is 21.9. The van der Waals surface area contributed by atoms with Gasteiger partial charge in [0.2, 0.25) is 11.8 Å². The molecule has 0 spiro atoms. The maximum Gasteiger partial charge on any atom is 0.232 e. The summed E-state index contributed by atoms with van der Waals surface area (Å²) in [5.41, 5.74) is 4.31. The summed E-state index contributed by atoms with van der Waals surface area (Å²) in [6.07, 6.45) is 6.94. The molecule has 2 heterocycles. The lowest BCUT2D eigenvalue weighted by atomic mass is 9.51. The molecule has 0 N–H and O–H groups in total. The van der Waals surface area contributed by atoms with Crippen LogP contribution in [0.4, 0.5) is 0 Å². The lowest BCUT2D eigenvalue weighted by Gasteiger charge is -2.52. The van der Waals surface area contributed by atoms with Gasteiger partial charge >= 0.3 is 0 Å². The molecule has 0 saturated heterocycles. The molecule has 0 radical (unpaired) electrons. The Labute approximate surface area is 187 Å². The smallest absolute Gasteiger partial charge is 0.232 e. The summed E-state index contributed by atoms with van der Waals surface area (Å²) in [6.45, 7) is 0. The van der Waals surface area contributed by atoms with Crippen LogP contribution < -0.4 is 9.47 Å². The Bertz CT molecular complexity index is 1090. The van der Waals surface area contributed by atoms with Crippen LogP contribution in [-0.2, 0) is 0 Å². The van der Waals surface area contributed by atoms with E-state index in [4.69, 9.17) is 19.4 Å². The molecule has 0 amide bonds. The number of methoxy groups -OCH3 is 2. The van der Waals surface area contributed by atoms with Crippen molar-refractivity contribution in [2.75, 3.05) is 14.2 Å². The van der Waals surface area contributed by atoms with Gasteiger partial charge in [0.15, 0.2) is 0 Å². The third-order valence-corrected chi connectivity index (χ3v) is 6.28. The summed E-state index contributed by atoms with van der Waals surface area (Å²) in [6, 6.07) is 21.2. The fourth-order valence-electron chi connectivity index (χ4n) is 4.91. The fourth-order valence-corrected chi connectivity index (χ4v) is 4.91. The summed E-state index contributed by atoms with van der Waals surface area (Å²) < 4.78 is 10.8. The van der Waals surface area contributed by atoms with E-state index in [9.17, 15) is 0 Å². The number of nitrogens with zero attached hydrogens (tertiary/aromatic N) is 4. The third-order valence-electron chi connectivity index (χ3n) is 6.28. The first-order chi connectivity index (χ1) is 15.8. The highest BCUT2D eigenvalue weighted by atomic mass is 16.5. The van der Waals surface area contributed by atoms with Crippen molar-refractivity contribution in [3.05, 3.63) is 108 Å². The van der Waals surface area contributed by atoms with Crippen LogP contribution in [-0.4, -0.2) is 34.2 Å². The number of benzene rings is 2. The molecule has 1 aliphatic rings. The molecule has 32 heavy (non-hydrogen) atoms. The molecule has 1 unspecified atom stereocenters. The summed E-state index contributed by atoms with van der Waals surface area (Å²) in [5, 5.41) is 0. The average Bonchev–Trinajstić information content (AvgIpc) is 2.85. The van der Waals surface area contributed by atoms with Gasteiger partial charge in [-0.15, -0.1) is 0 Å². The van der Waals surface area contributed by atoms with E-state index in [-0.39, 0.29) is 23.7 Å². The van der Waals surface area contributed by atoms with Gasteiger partial charge in [-0.25, -0.2) is 9.97 Å². The third kappa shape index (κ3) is 3.58. The minimum absolute atomic E-state index is 0.0617. The van der Waals surface area contributed by atoms with Gasteiger partial charge < -0.3 is 9.47 Å². The standard InChI is InChI=1S/C26H24N4O2/c1-31-21-15-27-13-19(29-21)25-23(17-9-5-3-6-10-17)24(18-11-7-4-8-12-18)26(25)20-14-28-16-22(30-20)32-2/h3-16,23-26H,1-2H3/t23-,24?,25+,26+/m1/s1. The topological polar surface area (TPSA) is 70.0 Å². The Hall–Kier alpha value is -3.80. The van der Waals surface area contributed by atoms with E-state index < -0.39 is 0 Å². The second kappa shape index (κ2) is 8.75. The highest BCUT2D eigenvalue weighted by molar-refractivity contribution is 5.45. The van der Waals surface area contributed by atoms with Crippen molar-refractivity contribution in [3.63, 3.8) is 0 Å². The van der Waals surface area contributed by atoms with Crippen LogP contribution in [0.15, 0.2) is 85.5 Å². The zero-order valence-corrected chi connectivity index (χ0v) is 18.0. The average molecular weight is 425 g/mol. The molecule has 160 valence electrons. The van der Waals surface area contributed by atoms with E-state index in [1.54, 1.807) is 26.6 Å². The lowest BCUT2D eigenvalue weighted by molar-refractivity contribution is 0.216. The van der Waals surface area contributed by atoms with Gasteiger partial charge in [0, 0.05) is 36.1 Å². The molecule has 6 heteroatoms. The van der Waals surface area contributed by atoms with Crippen molar-refractivity contribution in [3.8, 4) is 11.8 Å². The summed E-state index contributed by atoms with van der Waals surface area (Å²) in [4.78, 5) is 18.3. The monoisotopic (exact) mass is 424 g/mol. The van der Waals surface area contributed by atoms with Gasteiger partial charge in [0.1, 0.15) is 0 Å². The van der Waals surface area contributed by atoms with Crippen LogP contribution in [0.2, 0.25) is 0 Å². The first kappa shape index (κ1) is 20.1. The van der Waals surface area contributed by atoms with Crippen molar-refractivity contribution in [1.29, 1.82) is 0 Å². The van der Waals surface area contributed by atoms with Crippen molar-refractivity contribution >= 4 is 0 Å². The molecular formula is C26H24N4O2. The van der Waals surface area contributed by atoms with Crippen LogP contribution >= 0.6 is 0 Å². The van der Waals surface area contributed by atoms with E-state index in [1.165, 1.54) is 11.1 Å². The Morgan fingerprint density at radius 3 is 1.31 bits per heavy atom. The van der Waals surface area contributed by atoms with Gasteiger partial charge in [-0.1, -0.05) is 60.7 Å². The van der Waals surface area contributed by atoms with Crippen LogP contribution in [0.5, 0.6) is 11.8 Å². The molecule has 2 aromatic heterocycles. The van der Waals surface area contributed by atoms with E-state index in [1.807, 2.05) is 24.5 Å². The van der Waals surface area contributed by atoms with Crippen LogP contribution in [0.1, 0.15) is 46.2 Å². The molecular weight excluding hydrogens is 400 g/mol. The fraction of sp³-hybridized carbons (Fsp3) is 0.231. The molecule has 5 rings (SSSR count). The Morgan fingerprint density at radius 2 is 0.938 bits per heavy atom. The molecule has 0 aliphatic heterocycles. The number of rotatable bonds is 6. The van der Waals surface area contributed by atoms with E-state index >= 15 is 0 Å². The van der Waals surface area contributed by atoms with Crippen molar-refractivity contribution in [1.82, 2.24) is 19.9 Å². The van der Waals surface area contributed by atoms with E-state index in [0.717, 1.165) is 11.4 Å². The summed E-state index contributed by atoms with van der Waals surface area (Å²) in [5.74, 6) is 1.55. The largest absolute Gasteiger partial charge is 0.480 e. The quantitative estimate of drug-likeness (QED) is 0.446. The molecule has 4 atom stereocenters. The minimum Gasteiger partial charge on any atom is -0.480 e. The van der Waals surface area contributed by atoms with Crippen LogP contribution in [0, 0.1) is 0 Å². The summed E-state index contributed by atoms with van der Waals surface area (Å²) >= 11 is 0. The highest BCUT2D eigenvalue weighted by Gasteiger charge is 2.54. The first-order valence-electron chi connectivity index (χ1n) is 10.6. The van der Waals surface area contributed by atoms with E-state index in [0.29, 0.717) is 11.8 Å². The molecule has 6 nitrogen and oxygen atoms in total. The molecule has 0 bridgehead atoms. The molecule has 1 saturated carbocycles. The molecule has 1 aliphatic carbocycles. The highest BCUT2D eigenvalue weighted by Crippen LogP contribution is 2.65. The van der Waals surface area contributed by atoms with Crippen molar-refractivity contribution in [2.45, 2.75) is 23.7 Å². The zero-order valence-electron chi connectivity index (χ0n) is 18.0. The van der Waals surface area contributed by atoms with Crippen molar-refractivity contribution in [2.24, 2.45) is 0 Å². The predicted octanol–water partition coefficient (Wildman–Crippen LogP) is 4.73. The second-order valence-corrected chi connectivity index (χ2v) is 7.90. The summed E-state index contributed by atoms with van der Waals surface area (Å²) in [7, 11) is 3.22. The van der Waals surface area contributed by atoms with Gasteiger partial charge in [0.05, 0.1) is 38.0 Å². The number of hydrogen-bond donors (Lipinski definition) is 0. The lowest BCUT2D eigenvalue weighted by Crippen LogP contribution is -2.41. The van der Waals surface area contributed by atoms with Gasteiger partial charge in [-0.2, -0.15) is 0 Å². The van der Waals surface area contributed by atoms with Gasteiger partial charge in [-0.3, -0.25) is 9.97 Å². The van der Waals surface area contributed by atoms with Gasteiger partial charge in [0.25, 0.3) is 0 Å². The molecule has 2 aromatic carbocycles. The Balaban J connectivity index is 1.69. The Morgan fingerprint density at radius 1 is 0.531 bits per heavy atom. The van der Waals surface area contributed by atoms with Gasteiger partial charge in [-0.05, 0) is 11.1 Å². The maximum atomic E-state index is 5.38. The van der Waals surface area contributed by atoms with Crippen LogP contribution in [0.25, 0.3) is 0 Å². The van der Waals surface area contributed by atoms with E-state index in [2.05, 4.69) is 58.5 Å². The number of ether oxygens (including phenoxy) is 2. The first-order valence-corrected chi connectivity index (χ1v) is 10.6. The predicted molar refractivity (Wildman–Crippen MR) is 121 cm³/mol. The number of hydrogen-bond acceptors (Lipinski definition) is 6. The maximum absolute atomic E-state index is 5.38. The second-order valence-electron chi connectivity index (χ2n) is 7.90. The molecule has 4 aromatic rings. The van der Waals surface area contributed by atoms with Crippen LogP contribution in [0.3, 0.4) is 0 Å². The SMILES string of the molecule is COc1cncc([C@H]2[C@H](c3ccccc3)C(c3ccccc3)[C@@H]2c2cncc(OC)n2)n1. The molecule has 1 fully saturated rings. The number of aromatic nitrogens is 4. The van der Waals surface area contributed by atoms with Crippen molar-refractivity contribution < 1.29 is 9.47 Å². The minimum atomic E-state index is 0.0617. The normalized spacial score (nSPS) is 22.1.